The van der Waals surface area contributed by atoms with Crippen molar-refractivity contribution in [2.24, 2.45) is 5.10 Å². The van der Waals surface area contributed by atoms with Gasteiger partial charge < -0.3 is 9.73 Å². The van der Waals surface area contributed by atoms with Gasteiger partial charge in [0.1, 0.15) is 5.76 Å². The second kappa shape index (κ2) is 7.45. The number of carbonyl (C=O) groups is 1. The first-order valence-electron chi connectivity index (χ1n) is 8.94. The van der Waals surface area contributed by atoms with Gasteiger partial charge in [0.05, 0.1) is 23.3 Å². The normalized spacial score (nSPS) is 14.6. The predicted octanol–water partition coefficient (Wildman–Crippen LogP) is 4.39. The quantitative estimate of drug-likeness (QED) is 0.676. The summed E-state index contributed by atoms with van der Waals surface area (Å²) in [4.78, 5) is 16.7. The van der Waals surface area contributed by atoms with Crippen molar-refractivity contribution >= 4 is 23.0 Å². The minimum absolute atomic E-state index is 0.273. The van der Waals surface area contributed by atoms with Gasteiger partial charge in [-0.2, -0.15) is 5.10 Å². The number of aryl methyl sites for hydroxylation is 1. The fourth-order valence-electron chi connectivity index (χ4n) is 3.27. The van der Waals surface area contributed by atoms with E-state index in [0.717, 1.165) is 47.5 Å². The van der Waals surface area contributed by atoms with E-state index in [1.165, 1.54) is 0 Å². The molecule has 4 rings (SSSR count). The average Bonchev–Trinajstić information content (AvgIpc) is 3.05. The maximum atomic E-state index is 12.7. The number of nitrogens with zero attached hydrogens (tertiary/aromatic N) is 2. The van der Waals surface area contributed by atoms with E-state index in [1.807, 2.05) is 37.3 Å². The highest BCUT2D eigenvalue weighted by Gasteiger charge is 2.28. The molecule has 0 fully saturated rings. The number of aromatic nitrogens is 1. The Morgan fingerprint density at radius 1 is 1.11 bits per heavy atom. The van der Waals surface area contributed by atoms with Crippen LogP contribution in [-0.2, 0) is 6.42 Å². The standard InChI is InChI=1S/C21H20N4O2/c1-14-19-17(25-24-15-7-3-2-4-8-15)10-5-11-18(19)27-20(14)21(26)23-16-9-6-12-22-13-16/h2-4,6-9,12-13,24H,5,10-11H2,1H3,(H,23,26)/b25-17+. The molecule has 0 radical (unpaired) electrons. The lowest BCUT2D eigenvalue weighted by atomic mass is 9.93. The maximum Gasteiger partial charge on any atom is 0.291 e. The van der Waals surface area contributed by atoms with E-state index in [1.54, 1.807) is 24.5 Å². The second-order valence-corrected chi connectivity index (χ2v) is 6.44. The number of hydrogen-bond acceptors (Lipinski definition) is 5. The summed E-state index contributed by atoms with van der Waals surface area (Å²) >= 11 is 0. The molecule has 0 aliphatic heterocycles. The summed E-state index contributed by atoms with van der Waals surface area (Å²) < 4.78 is 5.91. The number of carbonyl (C=O) groups excluding carboxylic acids is 1. The third-order valence-electron chi connectivity index (χ3n) is 4.55. The highest BCUT2D eigenvalue weighted by atomic mass is 16.4. The molecule has 1 amide bonds. The van der Waals surface area contributed by atoms with Crippen molar-refractivity contribution in [3.8, 4) is 0 Å². The van der Waals surface area contributed by atoms with Crippen LogP contribution in [0.2, 0.25) is 0 Å². The van der Waals surface area contributed by atoms with Crippen LogP contribution >= 0.6 is 0 Å². The van der Waals surface area contributed by atoms with Gasteiger partial charge in [-0.1, -0.05) is 18.2 Å². The zero-order valence-corrected chi connectivity index (χ0v) is 15.0. The van der Waals surface area contributed by atoms with E-state index in [-0.39, 0.29) is 5.91 Å². The first kappa shape index (κ1) is 17.0. The first-order valence-corrected chi connectivity index (χ1v) is 8.94. The Labute approximate surface area is 157 Å². The summed E-state index contributed by atoms with van der Waals surface area (Å²) in [5.41, 5.74) is 7.34. The summed E-state index contributed by atoms with van der Waals surface area (Å²) in [6.07, 6.45) is 5.86. The minimum atomic E-state index is -0.273. The largest absolute Gasteiger partial charge is 0.455 e. The zero-order chi connectivity index (χ0) is 18.6. The average molecular weight is 360 g/mol. The lowest BCUT2D eigenvalue weighted by Gasteiger charge is -2.13. The van der Waals surface area contributed by atoms with Gasteiger partial charge in [0.25, 0.3) is 5.91 Å². The third kappa shape index (κ3) is 3.60. The molecule has 6 heteroatoms. The molecule has 1 aromatic carbocycles. The fourth-order valence-corrected chi connectivity index (χ4v) is 3.27. The van der Waals surface area contributed by atoms with Crippen molar-refractivity contribution in [3.63, 3.8) is 0 Å². The molecule has 2 heterocycles. The van der Waals surface area contributed by atoms with Crippen LogP contribution in [0.1, 0.15) is 40.3 Å². The molecule has 0 atom stereocenters. The number of rotatable bonds is 4. The molecular formula is C21H20N4O2. The number of nitrogens with one attached hydrogen (secondary N) is 2. The van der Waals surface area contributed by atoms with Crippen molar-refractivity contribution in [2.75, 3.05) is 10.7 Å². The fraction of sp³-hybridized carbons (Fsp3) is 0.190. The van der Waals surface area contributed by atoms with Gasteiger partial charge in [0, 0.05) is 23.7 Å². The molecule has 0 saturated carbocycles. The van der Waals surface area contributed by atoms with Crippen molar-refractivity contribution in [1.82, 2.24) is 4.98 Å². The first-order chi connectivity index (χ1) is 13.2. The Balaban J connectivity index is 1.61. The Bertz CT molecular complexity index is 978. The smallest absolute Gasteiger partial charge is 0.291 e. The molecule has 0 saturated heterocycles. The molecule has 6 nitrogen and oxygen atoms in total. The van der Waals surface area contributed by atoms with E-state index in [4.69, 9.17) is 4.42 Å². The van der Waals surface area contributed by atoms with E-state index in [2.05, 4.69) is 20.8 Å². The van der Waals surface area contributed by atoms with Crippen LogP contribution in [0.25, 0.3) is 0 Å². The maximum absolute atomic E-state index is 12.7. The van der Waals surface area contributed by atoms with Crippen LogP contribution in [0, 0.1) is 6.92 Å². The van der Waals surface area contributed by atoms with Crippen LogP contribution in [0.4, 0.5) is 11.4 Å². The van der Waals surface area contributed by atoms with E-state index < -0.39 is 0 Å². The lowest BCUT2D eigenvalue weighted by molar-refractivity contribution is 0.0994. The van der Waals surface area contributed by atoms with Crippen LogP contribution in [0.5, 0.6) is 0 Å². The van der Waals surface area contributed by atoms with Gasteiger partial charge in [-0.3, -0.25) is 15.2 Å². The number of para-hydroxylation sites is 1. The number of hydrazone groups is 1. The number of anilines is 2. The predicted molar refractivity (Wildman–Crippen MR) is 105 cm³/mol. The molecule has 136 valence electrons. The highest BCUT2D eigenvalue weighted by molar-refractivity contribution is 6.09. The molecule has 1 aliphatic carbocycles. The van der Waals surface area contributed by atoms with E-state index in [9.17, 15) is 4.79 Å². The molecule has 0 spiro atoms. The summed E-state index contributed by atoms with van der Waals surface area (Å²) in [6.45, 7) is 1.91. The van der Waals surface area contributed by atoms with Gasteiger partial charge in [-0.05, 0) is 44.0 Å². The van der Waals surface area contributed by atoms with Gasteiger partial charge in [-0.15, -0.1) is 0 Å². The SMILES string of the molecule is Cc1c(C(=O)Nc2cccnc2)oc2c1/C(=N/Nc1ccccc1)CCC2. The molecule has 27 heavy (non-hydrogen) atoms. The van der Waals surface area contributed by atoms with Crippen LogP contribution < -0.4 is 10.7 Å². The third-order valence-corrected chi connectivity index (χ3v) is 4.55. The summed E-state index contributed by atoms with van der Waals surface area (Å²) in [5.74, 6) is 0.882. The molecule has 2 aromatic heterocycles. The number of pyridine rings is 1. The number of furan rings is 1. The lowest BCUT2D eigenvalue weighted by Crippen LogP contribution is -2.14. The topological polar surface area (TPSA) is 79.5 Å². The monoisotopic (exact) mass is 360 g/mol. The second-order valence-electron chi connectivity index (χ2n) is 6.44. The minimum Gasteiger partial charge on any atom is -0.455 e. The van der Waals surface area contributed by atoms with Crippen LogP contribution in [0.15, 0.2) is 64.4 Å². The molecular weight excluding hydrogens is 340 g/mol. The molecule has 1 aliphatic rings. The van der Waals surface area contributed by atoms with Crippen LogP contribution in [-0.4, -0.2) is 16.6 Å². The number of fused-ring (bicyclic) bond motifs is 1. The van der Waals surface area contributed by atoms with Crippen molar-refractivity contribution in [3.05, 3.63) is 77.5 Å². The Morgan fingerprint density at radius 2 is 1.93 bits per heavy atom. The molecule has 0 bridgehead atoms. The van der Waals surface area contributed by atoms with Gasteiger partial charge in [0.2, 0.25) is 0 Å². The van der Waals surface area contributed by atoms with E-state index in [0.29, 0.717) is 11.4 Å². The molecule has 0 unspecified atom stereocenters. The summed E-state index contributed by atoms with van der Waals surface area (Å²) in [6, 6.07) is 13.4. The van der Waals surface area contributed by atoms with Crippen molar-refractivity contribution < 1.29 is 9.21 Å². The Hall–Kier alpha value is -3.41. The Morgan fingerprint density at radius 3 is 2.70 bits per heavy atom. The molecule has 3 aromatic rings. The number of hydrogen-bond donors (Lipinski definition) is 2. The van der Waals surface area contributed by atoms with Crippen molar-refractivity contribution in [1.29, 1.82) is 0 Å². The summed E-state index contributed by atoms with van der Waals surface area (Å²) in [7, 11) is 0. The van der Waals surface area contributed by atoms with E-state index >= 15 is 0 Å². The van der Waals surface area contributed by atoms with Crippen molar-refractivity contribution in [2.45, 2.75) is 26.2 Å². The van der Waals surface area contributed by atoms with Gasteiger partial charge >= 0.3 is 0 Å². The van der Waals surface area contributed by atoms with Gasteiger partial charge in [-0.25, -0.2) is 0 Å². The van der Waals surface area contributed by atoms with Gasteiger partial charge in [0.15, 0.2) is 5.76 Å². The molecule has 2 N–H and O–H groups in total. The summed E-state index contributed by atoms with van der Waals surface area (Å²) in [5, 5.41) is 7.41. The zero-order valence-electron chi connectivity index (χ0n) is 15.0. The number of benzene rings is 1. The Kier molecular flexibility index (Phi) is 4.70. The van der Waals surface area contributed by atoms with Crippen LogP contribution in [0.3, 0.4) is 0 Å². The number of amides is 1. The highest BCUT2D eigenvalue weighted by Crippen LogP contribution is 2.30.